The van der Waals surface area contributed by atoms with Crippen LogP contribution in [-0.2, 0) is 38.4 Å². The SMILES string of the molecule is CC(C)C[C@H](NC(=O)C[C@H](O)[C@H](CC(C)C)NC(=O)[C@H](Cc1cnc[nH]1)NC(=O)C1c2ccccc2CCc2ccccc21)C(=O)NC(=O)c1ccccc1. The Labute approximate surface area is 322 Å². The number of imidazole rings is 1. The Kier molecular flexibility index (Phi) is 14.1. The second kappa shape index (κ2) is 19.1. The number of aliphatic hydroxyl groups is 1. The first-order chi connectivity index (χ1) is 26.4. The van der Waals surface area contributed by atoms with Gasteiger partial charge in [0.15, 0.2) is 0 Å². The Balaban J connectivity index is 1.31. The number of hydrogen-bond donors (Lipinski definition) is 6. The van der Waals surface area contributed by atoms with Crippen molar-refractivity contribution in [2.75, 3.05) is 0 Å². The molecule has 5 amide bonds. The Bertz CT molecular complexity index is 1880. The van der Waals surface area contributed by atoms with E-state index in [1.165, 1.54) is 6.33 Å². The summed E-state index contributed by atoms with van der Waals surface area (Å²) in [6, 6.07) is 21.1. The molecule has 0 spiro atoms. The molecule has 6 N–H and O–H groups in total. The van der Waals surface area contributed by atoms with Gasteiger partial charge in [-0.05, 0) is 71.9 Å². The minimum atomic E-state index is -1.33. The summed E-state index contributed by atoms with van der Waals surface area (Å²) in [5.41, 5.74) is 4.85. The molecule has 0 aliphatic heterocycles. The topological polar surface area (TPSA) is 182 Å². The molecular formula is C43H52N6O6. The first-order valence-corrected chi connectivity index (χ1v) is 19.0. The van der Waals surface area contributed by atoms with Crippen molar-refractivity contribution in [3.8, 4) is 0 Å². The lowest BCUT2D eigenvalue weighted by molar-refractivity contribution is -0.132. The van der Waals surface area contributed by atoms with Crippen LogP contribution in [0.5, 0.6) is 0 Å². The monoisotopic (exact) mass is 748 g/mol. The van der Waals surface area contributed by atoms with Crippen LogP contribution in [0, 0.1) is 11.8 Å². The third kappa shape index (κ3) is 11.2. The smallest absolute Gasteiger partial charge is 0.257 e. The summed E-state index contributed by atoms with van der Waals surface area (Å²) in [6.07, 6.45) is 3.60. The number of carbonyl (C=O) groups is 5. The van der Waals surface area contributed by atoms with Crippen molar-refractivity contribution in [3.05, 3.63) is 125 Å². The molecular weight excluding hydrogens is 697 g/mol. The number of carbonyl (C=O) groups excluding carboxylic acids is 5. The van der Waals surface area contributed by atoms with Crippen molar-refractivity contribution < 1.29 is 29.1 Å². The number of aliphatic hydroxyl groups excluding tert-OH is 1. The Morgan fingerprint density at radius 2 is 1.35 bits per heavy atom. The molecule has 12 heteroatoms. The molecule has 0 bridgehead atoms. The van der Waals surface area contributed by atoms with E-state index in [4.69, 9.17) is 0 Å². The van der Waals surface area contributed by atoms with Crippen molar-refractivity contribution in [2.45, 2.75) is 96.4 Å². The zero-order valence-corrected chi connectivity index (χ0v) is 31.9. The maximum absolute atomic E-state index is 14.4. The van der Waals surface area contributed by atoms with Gasteiger partial charge in [0.2, 0.25) is 23.6 Å². The molecule has 55 heavy (non-hydrogen) atoms. The van der Waals surface area contributed by atoms with Crippen LogP contribution < -0.4 is 21.3 Å². The molecule has 0 saturated heterocycles. The Hall–Kier alpha value is -5.62. The summed E-state index contributed by atoms with van der Waals surface area (Å²) in [5, 5.41) is 22.5. The zero-order valence-electron chi connectivity index (χ0n) is 31.9. The van der Waals surface area contributed by atoms with Crippen LogP contribution in [0.3, 0.4) is 0 Å². The Morgan fingerprint density at radius 1 is 0.745 bits per heavy atom. The normalized spacial score (nSPS) is 14.7. The quantitative estimate of drug-likeness (QED) is 0.0996. The lowest BCUT2D eigenvalue weighted by Crippen LogP contribution is -2.55. The zero-order chi connectivity index (χ0) is 39.5. The first-order valence-electron chi connectivity index (χ1n) is 19.0. The molecule has 0 fully saturated rings. The Morgan fingerprint density at radius 3 is 1.93 bits per heavy atom. The van der Waals surface area contributed by atoms with Gasteiger partial charge in [0, 0.05) is 23.9 Å². The number of aromatic nitrogens is 2. The summed E-state index contributed by atoms with van der Waals surface area (Å²) < 4.78 is 0. The molecule has 12 nitrogen and oxygen atoms in total. The summed E-state index contributed by atoms with van der Waals surface area (Å²) in [7, 11) is 0. The van der Waals surface area contributed by atoms with Gasteiger partial charge >= 0.3 is 0 Å². The number of rotatable bonds is 16. The van der Waals surface area contributed by atoms with E-state index in [-0.39, 0.29) is 30.6 Å². The van der Waals surface area contributed by atoms with Gasteiger partial charge in [0.1, 0.15) is 12.1 Å². The van der Waals surface area contributed by atoms with E-state index in [0.717, 1.165) is 35.1 Å². The van der Waals surface area contributed by atoms with E-state index in [1.807, 2.05) is 76.2 Å². The number of hydrogen-bond acceptors (Lipinski definition) is 7. The average molecular weight is 749 g/mol. The van der Waals surface area contributed by atoms with E-state index in [0.29, 0.717) is 17.7 Å². The van der Waals surface area contributed by atoms with Crippen LogP contribution in [0.15, 0.2) is 91.4 Å². The fourth-order valence-corrected chi connectivity index (χ4v) is 7.14. The number of fused-ring (bicyclic) bond motifs is 2. The van der Waals surface area contributed by atoms with Crippen LogP contribution in [0.2, 0.25) is 0 Å². The minimum Gasteiger partial charge on any atom is -0.390 e. The molecule has 1 aliphatic carbocycles. The van der Waals surface area contributed by atoms with Gasteiger partial charge < -0.3 is 26.0 Å². The molecule has 1 aliphatic rings. The van der Waals surface area contributed by atoms with Crippen LogP contribution in [0.25, 0.3) is 0 Å². The second-order valence-corrected chi connectivity index (χ2v) is 15.1. The number of aryl methyl sites for hydroxylation is 2. The molecule has 1 heterocycles. The van der Waals surface area contributed by atoms with Crippen LogP contribution in [-0.4, -0.2) is 68.8 Å². The molecule has 4 aromatic rings. The van der Waals surface area contributed by atoms with Crippen LogP contribution in [0.4, 0.5) is 0 Å². The number of H-pyrrole nitrogens is 1. The molecule has 4 atom stereocenters. The van der Waals surface area contributed by atoms with Gasteiger partial charge in [0.25, 0.3) is 5.91 Å². The standard InChI is InChI=1S/C43H52N6O6/c1-26(2)20-34(37(50)23-38(51)46-35(21-27(3)4)42(54)49-40(52)30-14-6-5-7-15-30)47-41(53)36(22-31-24-44-25-45-31)48-43(55)39-32-16-10-8-12-28(32)18-19-29-13-9-11-17-33(29)39/h5-17,24-27,34-37,39,50H,18-23H2,1-4H3,(H,44,45)(H,46,51)(H,47,53)(H,48,55)(H,49,52,54)/t34-,35-,36-,37-/m0/s1. The number of benzene rings is 3. The van der Waals surface area contributed by atoms with Gasteiger partial charge in [-0.1, -0.05) is 94.4 Å². The van der Waals surface area contributed by atoms with Gasteiger partial charge in [-0.25, -0.2) is 4.98 Å². The average Bonchev–Trinajstić information content (AvgIpc) is 3.61. The number of nitrogens with zero attached hydrogens (tertiary/aromatic N) is 1. The third-order valence-electron chi connectivity index (χ3n) is 9.81. The predicted octanol–water partition coefficient (Wildman–Crippen LogP) is 4.14. The predicted molar refractivity (Wildman–Crippen MR) is 209 cm³/mol. The summed E-state index contributed by atoms with van der Waals surface area (Å²) in [5.74, 6) is -3.34. The molecule has 290 valence electrons. The van der Waals surface area contributed by atoms with Gasteiger partial charge in [-0.3, -0.25) is 29.3 Å². The lowest BCUT2D eigenvalue weighted by Gasteiger charge is -2.29. The van der Waals surface area contributed by atoms with Crippen LogP contribution in [0.1, 0.15) is 91.2 Å². The molecule has 5 rings (SSSR count). The third-order valence-corrected chi connectivity index (χ3v) is 9.81. The molecule has 0 unspecified atom stereocenters. The van der Waals surface area contributed by atoms with Crippen molar-refractivity contribution in [1.29, 1.82) is 0 Å². The first kappa shape index (κ1) is 40.6. The fraction of sp³-hybridized carbons (Fsp3) is 0.395. The van der Waals surface area contributed by atoms with Gasteiger partial charge in [-0.15, -0.1) is 0 Å². The van der Waals surface area contributed by atoms with Crippen molar-refractivity contribution in [2.24, 2.45) is 11.8 Å². The van der Waals surface area contributed by atoms with E-state index < -0.39 is 60.2 Å². The van der Waals surface area contributed by atoms with Crippen molar-refractivity contribution >= 4 is 29.5 Å². The van der Waals surface area contributed by atoms with E-state index in [2.05, 4.69) is 31.2 Å². The van der Waals surface area contributed by atoms with Crippen molar-refractivity contribution in [3.63, 3.8) is 0 Å². The number of nitrogens with one attached hydrogen (secondary N) is 5. The number of amides is 5. The highest BCUT2D eigenvalue weighted by molar-refractivity contribution is 6.06. The van der Waals surface area contributed by atoms with Crippen molar-refractivity contribution in [1.82, 2.24) is 31.2 Å². The van der Waals surface area contributed by atoms with E-state index in [9.17, 15) is 29.1 Å². The fourth-order valence-electron chi connectivity index (χ4n) is 7.14. The summed E-state index contributed by atoms with van der Waals surface area (Å²) >= 11 is 0. The number of aromatic amines is 1. The van der Waals surface area contributed by atoms with Gasteiger partial charge in [0.05, 0.1) is 30.8 Å². The van der Waals surface area contributed by atoms with Crippen LogP contribution >= 0.6 is 0 Å². The largest absolute Gasteiger partial charge is 0.390 e. The highest BCUT2D eigenvalue weighted by atomic mass is 16.3. The summed E-state index contributed by atoms with van der Waals surface area (Å²) in [4.78, 5) is 74.9. The van der Waals surface area contributed by atoms with Gasteiger partial charge in [-0.2, -0.15) is 0 Å². The number of imide groups is 1. The van der Waals surface area contributed by atoms with E-state index in [1.54, 1.807) is 36.5 Å². The molecule has 3 aromatic carbocycles. The molecule has 1 aromatic heterocycles. The minimum absolute atomic E-state index is 0.00254. The maximum atomic E-state index is 14.4. The summed E-state index contributed by atoms with van der Waals surface area (Å²) in [6.45, 7) is 7.65. The maximum Gasteiger partial charge on any atom is 0.257 e. The second-order valence-electron chi connectivity index (χ2n) is 15.1. The van der Waals surface area contributed by atoms with E-state index >= 15 is 0 Å². The molecule has 0 radical (unpaired) electrons. The molecule has 0 saturated carbocycles. The highest BCUT2D eigenvalue weighted by Gasteiger charge is 2.34. The lowest BCUT2D eigenvalue weighted by atomic mass is 9.87. The highest BCUT2D eigenvalue weighted by Crippen LogP contribution is 2.34.